The van der Waals surface area contributed by atoms with Gasteiger partial charge >= 0.3 is 5.97 Å². The average Bonchev–Trinajstić information content (AvgIpc) is 2.96. The Morgan fingerprint density at radius 2 is 2.05 bits per heavy atom. The van der Waals surface area contributed by atoms with Crippen LogP contribution in [0.5, 0.6) is 5.75 Å². The van der Waals surface area contributed by atoms with Crippen molar-refractivity contribution in [3.05, 3.63) is 52.2 Å². The third-order valence-corrected chi connectivity index (χ3v) is 3.59. The Morgan fingerprint density at radius 1 is 1.15 bits per heavy atom. The van der Waals surface area contributed by atoms with Crippen LogP contribution in [-0.2, 0) is 11.2 Å². The zero-order chi connectivity index (χ0) is 14.2. The van der Waals surface area contributed by atoms with E-state index in [4.69, 9.17) is 14.6 Å². The molecule has 0 aliphatic carbocycles. The van der Waals surface area contributed by atoms with E-state index in [9.17, 15) is 4.79 Å². The van der Waals surface area contributed by atoms with Gasteiger partial charge in [-0.15, -0.1) is 11.3 Å². The normalized spacial score (nSPS) is 10.4. The first-order chi connectivity index (χ1) is 9.75. The lowest BCUT2D eigenvalue weighted by Crippen LogP contribution is -2.08. The molecule has 0 atom stereocenters. The molecule has 2 aromatic rings. The number of carboxylic acids is 1. The Bertz CT molecular complexity index is 537. The lowest BCUT2D eigenvalue weighted by atomic mass is 10.2. The molecule has 1 N–H and O–H groups in total. The van der Waals surface area contributed by atoms with Crippen LogP contribution < -0.4 is 4.74 Å². The molecule has 0 bridgehead atoms. The van der Waals surface area contributed by atoms with E-state index >= 15 is 0 Å². The highest BCUT2D eigenvalue weighted by Gasteiger charge is 2.03. The van der Waals surface area contributed by atoms with Gasteiger partial charge in [0.05, 0.1) is 18.8 Å². The number of aromatic carboxylic acids is 1. The van der Waals surface area contributed by atoms with E-state index in [2.05, 4.69) is 6.07 Å². The van der Waals surface area contributed by atoms with Gasteiger partial charge in [-0.05, 0) is 29.6 Å². The molecule has 1 aromatic heterocycles. The summed E-state index contributed by atoms with van der Waals surface area (Å²) in [5.41, 5.74) is 0.223. The molecule has 0 unspecified atom stereocenters. The standard InChI is InChI=1S/C15H16O4S/c16-15(17)12-3-1-4-13(11-12)19-9-8-18-7-6-14-5-2-10-20-14/h1-5,10-11H,6-9H2,(H,16,17). The summed E-state index contributed by atoms with van der Waals surface area (Å²) in [4.78, 5) is 12.1. The SMILES string of the molecule is O=C(O)c1cccc(OCCOCCc2cccs2)c1. The number of ether oxygens (including phenoxy) is 2. The minimum absolute atomic E-state index is 0.223. The topological polar surface area (TPSA) is 55.8 Å². The van der Waals surface area contributed by atoms with Crippen LogP contribution in [0.3, 0.4) is 0 Å². The maximum Gasteiger partial charge on any atom is 0.335 e. The van der Waals surface area contributed by atoms with E-state index in [1.165, 1.54) is 17.0 Å². The molecule has 1 aromatic carbocycles. The lowest BCUT2D eigenvalue weighted by molar-refractivity contribution is 0.0696. The number of carbonyl (C=O) groups is 1. The van der Waals surface area contributed by atoms with E-state index in [0.29, 0.717) is 25.6 Å². The fraction of sp³-hybridized carbons (Fsp3) is 0.267. The number of carboxylic acid groups (broad SMARTS) is 1. The summed E-state index contributed by atoms with van der Waals surface area (Å²) >= 11 is 1.72. The van der Waals surface area contributed by atoms with Crippen LogP contribution in [0.15, 0.2) is 41.8 Å². The van der Waals surface area contributed by atoms with E-state index in [-0.39, 0.29) is 5.56 Å². The van der Waals surface area contributed by atoms with Crippen molar-refractivity contribution in [2.75, 3.05) is 19.8 Å². The molecule has 106 valence electrons. The van der Waals surface area contributed by atoms with Gasteiger partial charge < -0.3 is 14.6 Å². The van der Waals surface area contributed by atoms with Crippen molar-refractivity contribution in [2.24, 2.45) is 0 Å². The molecule has 4 nitrogen and oxygen atoms in total. The highest BCUT2D eigenvalue weighted by atomic mass is 32.1. The number of rotatable bonds is 8. The predicted molar refractivity (Wildman–Crippen MR) is 77.7 cm³/mol. The lowest BCUT2D eigenvalue weighted by Gasteiger charge is -2.07. The first-order valence-electron chi connectivity index (χ1n) is 6.32. The molecular formula is C15H16O4S. The largest absolute Gasteiger partial charge is 0.491 e. The van der Waals surface area contributed by atoms with E-state index in [0.717, 1.165) is 6.42 Å². The second-order valence-electron chi connectivity index (χ2n) is 4.12. The molecular weight excluding hydrogens is 276 g/mol. The molecule has 0 saturated carbocycles. The van der Waals surface area contributed by atoms with Crippen LogP contribution >= 0.6 is 11.3 Å². The van der Waals surface area contributed by atoms with Crippen molar-refractivity contribution in [3.8, 4) is 5.75 Å². The minimum atomic E-state index is -0.956. The first kappa shape index (κ1) is 14.6. The predicted octanol–water partition coefficient (Wildman–Crippen LogP) is 3.08. The summed E-state index contributed by atoms with van der Waals surface area (Å²) in [7, 11) is 0. The molecule has 0 aliphatic rings. The quantitative estimate of drug-likeness (QED) is 0.760. The Balaban J connectivity index is 1.63. The highest BCUT2D eigenvalue weighted by molar-refractivity contribution is 7.09. The molecule has 5 heteroatoms. The van der Waals surface area contributed by atoms with E-state index in [1.807, 2.05) is 11.4 Å². The molecule has 0 saturated heterocycles. The molecule has 0 radical (unpaired) electrons. The summed E-state index contributed by atoms with van der Waals surface area (Å²) in [5.74, 6) is -0.408. The summed E-state index contributed by atoms with van der Waals surface area (Å²) < 4.78 is 10.9. The number of benzene rings is 1. The Labute approximate surface area is 121 Å². The smallest absolute Gasteiger partial charge is 0.335 e. The van der Waals surface area contributed by atoms with Crippen molar-refractivity contribution >= 4 is 17.3 Å². The summed E-state index contributed by atoms with van der Waals surface area (Å²) in [5, 5.41) is 10.9. The van der Waals surface area contributed by atoms with Crippen LogP contribution in [0.2, 0.25) is 0 Å². The zero-order valence-corrected chi connectivity index (χ0v) is 11.8. The highest BCUT2D eigenvalue weighted by Crippen LogP contribution is 2.13. The van der Waals surface area contributed by atoms with Gasteiger partial charge in [0, 0.05) is 11.3 Å². The Morgan fingerprint density at radius 3 is 2.80 bits per heavy atom. The second-order valence-corrected chi connectivity index (χ2v) is 5.16. The maximum atomic E-state index is 10.8. The summed E-state index contributed by atoms with van der Waals surface area (Å²) in [6, 6.07) is 10.6. The van der Waals surface area contributed by atoms with Gasteiger partial charge in [-0.2, -0.15) is 0 Å². The van der Waals surface area contributed by atoms with Crippen LogP contribution in [0.4, 0.5) is 0 Å². The molecule has 0 amide bonds. The third kappa shape index (κ3) is 4.68. The van der Waals surface area contributed by atoms with E-state index < -0.39 is 5.97 Å². The fourth-order valence-electron chi connectivity index (χ4n) is 1.67. The van der Waals surface area contributed by atoms with Gasteiger partial charge in [0.1, 0.15) is 12.4 Å². The van der Waals surface area contributed by atoms with Crippen LogP contribution in [0, 0.1) is 0 Å². The molecule has 20 heavy (non-hydrogen) atoms. The van der Waals surface area contributed by atoms with Crippen molar-refractivity contribution in [1.82, 2.24) is 0 Å². The first-order valence-corrected chi connectivity index (χ1v) is 7.20. The van der Waals surface area contributed by atoms with Gasteiger partial charge in [0.15, 0.2) is 0 Å². The summed E-state index contributed by atoms with van der Waals surface area (Å²) in [6.07, 6.45) is 0.909. The fourth-order valence-corrected chi connectivity index (χ4v) is 2.36. The van der Waals surface area contributed by atoms with Crippen molar-refractivity contribution in [1.29, 1.82) is 0 Å². The monoisotopic (exact) mass is 292 g/mol. The molecule has 2 rings (SSSR count). The molecule has 0 aliphatic heterocycles. The van der Waals surface area contributed by atoms with E-state index in [1.54, 1.807) is 23.5 Å². The van der Waals surface area contributed by atoms with Crippen LogP contribution in [0.25, 0.3) is 0 Å². The van der Waals surface area contributed by atoms with Crippen molar-refractivity contribution < 1.29 is 19.4 Å². The van der Waals surface area contributed by atoms with Gasteiger partial charge in [-0.3, -0.25) is 0 Å². The summed E-state index contributed by atoms with van der Waals surface area (Å²) in [6.45, 7) is 1.56. The van der Waals surface area contributed by atoms with Crippen molar-refractivity contribution in [3.63, 3.8) is 0 Å². The van der Waals surface area contributed by atoms with Gasteiger partial charge in [-0.1, -0.05) is 12.1 Å². The Kier molecular flexibility index (Phi) is 5.58. The van der Waals surface area contributed by atoms with Crippen LogP contribution in [-0.4, -0.2) is 30.9 Å². The minimum Gasteiger partial charge on any atom is -0.491 e. The maximum absolute atomic E-state index is 10.8. The second kappa shape index (κ2) is 7.67. The molecule has 0 spiro atoms. The average molecular weight is 292 g/mol. The number of hydrogen-bond donors (Lipinski definition) is 1. The Hall–Kier alpha value is -1.85. The zero-order valence-electron chi connectivity index (χ0n) is 11.0. The molecule has 1 heterocycles. The number of thiophene rings is 1. The van der Waals surface area contributed by atoms with Gasteiger partial charge in [-0.25, -0.2) is 4.79 Å². The third-order valence-electron chi connectivity index (χ3n) is 2.65. The van der Waals surface area contributed by atoms with Gasteiger partial charge in [0.25, 0.3) is 0 Å². The molecule has 0 fully saturated rings. The van der Waals surface area contributed by atoms with Crippen LogP contribution in [0.1, 0.15) is 15.2 Å². The van der Waals surface area contributed by atoms with Crippen molar-refractivity contribution in [2.45, 2.75) is 6.42 Å². The van der Waals surface area contributed by atoms with Gasteiger partial charge in [0.2, 0.25) is 0 Å². The number of hydrogen-bond acceptors (Lipinski definition) is 4.